The van der Waals surface area contributed by atoms with Crippen molar-refractivity contribution in [2.75, 3.05) is 18.4 Å². The van der Waals surface area contributed by atoms with Gasteiger partial charge in [0.15, 0.2) is 0 Å². The van der Waals surface area contributed by atoms with Gasteiger partial charge in [-0.05, 0) is 56.3 Å². The molecule has 2 heterocycles. The molecular weight excluding hydrogens is 407 g/mol. The lowest BCUT2D eigenvalue weighted by molar-refractivity contribution is -0.121. The molecule has 158 valence electrons. The molecular formula is C22H24ClFN4O2. The number of carbonyl (C=O) groups is 1. The number of piperidine rings is 1. The van der Waals surface area contributed by atoms with Gasteiger partial charge in [0, 0.05) is 42.8 Å². The minimum Gasteiger partial charge on any atom is -0.326 e. The van der Waals surface area contributed by atoms with E-state index in [4.69, 9.17) is 11.6 Å². The number of fused-ring (bicyclic) bond motifs is 1. The molecule has 4 rings (SSSR count). The van der Waals surface area contributed by atoms with Crippen molar-refractivity contribution in [3.8, 4) is 0 Å². The maximum atomic E-state index is 14.0. The fourth-order valence-corrected chi connectivity index (χ4v) is 4.31. The molecule has 0 radical (unpaired) electrons. The summed E-state index contributed by atoms with van der Waals surface area (Å²) in [6.07, 6.45) is 1.40. The van der Waals surface area contributed by atoms with Crippen molar-refractivity contribution >= 4 is 34.2 Å². The summed E-state index contributed by atoms with van der Waals surface area (Å²) in [5.41, 5.74) is 2.67. The van der Waals surface area contributed by atoms with Crippen LogP contribution in [0.2, 0.25) is 5.02 Å². The van der Waals surface area contributed by atoms with E-state index in [1.54, 1.807) is 35.4 Å². The van der Waals surface area contributed by atoms with Gasteiger partial charge in [-0.3, -0.25) is 18.8 Å². The van der Waals surface area contributed by atoms with Crippen LogP contribution in [0.25, 0.3) is 11.0 Å². The fraction of sp³-hybridized carbons (Fsp3) is 0.364. The zero-order chi connectivity index (χ0) is 21.4. The van der Waals surface area contributed by atoms with E-state index >= 15 is 0 Å². The van der Waals surface area contributed by atoms with Crippen LogP contribution in [0.3, 0.4) is 0 Å². The lowest BCUT2D eigenvalue weighted by Gasteiger charge is -2.31. The Morgan fingerprint density at radius 3 is 2.53 bits per heavy atom. The first-order valence-electron chi connectivity index (χ1n) is 9.96. The van der Waals surface area contributed by atoms with Crippen molar-refractivity contribution in [3.05, 3.63) is 63.3 Å². The summed E-state index contributed by atoms with van der Waals surface area (Å²) in [6, 6.07) is 10.2. The minimum atomic E-state index is -0.298. The first-order chi connectivity index (χ1) is 14.3. The lowest BCUT2D eigenvalue weighted by atomic mass is 9.95. The van der Waals surface area contributed by atoms with Crippen LogP contribution in [0.4, 0.5) is 10.1 Å². The van der Waals surface area contributed by atoms with Gasteiger partial charge in [0.05, 0.1) is 11.0 Å². The third-order valence-electron chi connectivity index (χ3n) is 5.94. The Hall–Kier alpha value is -2.64. The van der Waals surface area contributed by atoms with Gasteiger partial charge in [0.1, 0.15) is 5.82 Å². The average molecular weight is 431 g/mol. The van der Waals surface area contributed by atoms with Crippen LogP contribution in [-0.4, -0.2) is 33.0 Å². The smallest absolute Gasteiger partial charge is 0.326 e. The highest BCUT2D eigenvalue weighted by Gasteiger charge is 2.26. The van der Waals surface area contributed by atoms with Crippen LogP contribution in [0.15, 0.2) is 41.2 Å². The number of hydrogen-bond acceptors (Lipinski definition) is 3. The van der Waals surface area contributed by atoms with E-state index in [0.717, 1.165) is 11.0 Å². The Morgan fingerprint density at radius 1 is 1.13 bits per heavy atom. The summed E-state index contributed by atoms with van der Waals surface area (Å²) in [5, 5.41) is 3.41. The van der Waals surface area contributed by atoms with E-state index in [1.807, 2.05) is 18.2 Å². The van der Waals surface area contributed by atoms with E-state index in [0.29, 0.717) is 48.7 Å². The molecule has 0 aliphatic carbocycles. The molecule has 1 fully saturated rings. The molecule has 0 spiro atoms. The molecule has 1 N–H and O–H groups in total. The SMILES string of the molecule is Cn1c(=O)n(C)c2cc(NC(=O)C3CCN(Cc4c(F)cccc4Cl)CC3)ccc21. The molecule has 0 saturated carbocycles. The molecule has 6 nitrogen and oxygen atoms in total. The molecule has 3 aromatic rings. The van der Waals surface area contributed by atoms with Crippen LogP contribution in [0.5, 0.6) is 0 Å². The quantitative estimate of drug-likeness (QED) is 0.689. The summed E-state index contributed by atoms with van der Waals surface area (Å²) >= 11 is 6.13. The van der Waals surface area contributed by atoms with Crippen molar-refractivity contribution < 1.29 is 9.18 Å². The highest BCUT2D eigenvalue weighted by Crippen LogP contribution is 2.25. The van der Waals surface area contributed by atoms with Crippen molar-refractivity contribution in [1.29, 1.82) is 0 Å². The molecule has 8 heteroatoms. The number of nitrogens with one attached hydrogen (secondary N) is 1. The molecule has 1 amide bonds. The molecule has 1 aliphatic rings. The fourth-order valence-electron chi connectivity index (χ4n) is 4.09. The van der Waals surface area contributed by atoms with Crippen molar-refractivity contribution in [3.63, 3.8) is 0 Å². The number of aryl methyl sites for hydroxylation is 2. The summed E-state index contributed by atoms with van der Waals surface area (Å²) in [5.74, 6) is -0.431. The van der Waals surface area contributed by atoms with Gasteiger partial charge in [0.25, 0.3) is 0 Å². The summed E-state index contributed by atoms with van der Waals surface area (Å²) in [6.45, 7) is 1.85. The van der Waals surface area contributed by atoms with Gasteiger partial charge < -0.3 is 5.32 Å². The highest BCUT2D eigenvalue weighted by atomic mass is 35.5. The van der Waals surface area contributed by atoms with Crippen molar-refractivity contribution in [2.24, 2.45) is 20.0 Å². The van der Waals surface area contributed by atoms with Crippen LogP contribution >= 0.6 is 11.6 Å². The first-order valence-corrected chi connectivity index (χ1v) is 10.3. The molecule has 30 heavy (non-hydrogen) atoms. The van der Waals surface area contributed by atoms with E-state index < -0.39 is 0 Å². The number of imidazole rings is 1. The number of likely N-dealkylation sites (tertiary alicyclic amines) is 1. The number of nitrogens with zero attached hydrogens (tertiary/aromatic N) is 3. The van der Waals surface area contributed by atoms with Crippen LogP contribution in [-0.2, 0) is 25.4 Å². The van der Waals surface area contributed by atoms with Gasteiger partial charge in [-0.2, -0.15) is 0 Å². The second-order valence-electron chi connectivity index (χ2n) is 7.84. The largest absolute Gasteiger partial charge is 0.328 e. The highest BCUT2D eigenvalue weighted by molar-refractivity contribution is 6.31. The standard InChI is InChI=1S/C22H24ClFN4O2/c1-26-19-7-6-15(12-20(19)27(2)22(26)30)25-21(29)14-8-10-28(11-9-14)13-16-17(23)4-3-5-18(16)24/h3-7,12,14H,8-11,13H2,1-2H3,(H,25,29). The molecule has 1 aliphatic heterocycles. The monoisotopic (exact) mass is 430 g/mol. The third-order valence-corrected chi connectivity index (χ3v) is 6.30. The summed E-state index contributed by atoms with van der Waals surface area (Å²) in [7, 11) is 3.44. The molecule has 0 atom stereocenters. The van der Waals surface area contributed by atoms with Crippen molar-refractivity contribution in [1.82, 2.24) is 14.0 Å². The predicted octanol–water partition coefficient (Wildman–Crippen LogP) is 3.52. The maximum absolute atomic E-state index is 14.0. The lowest BCUT2D eigenvalue weighted by Crippen LogP contribution is -2.38. The molecule has 0 bridgehead atoms. The Kier molecular flexibility index (Phi) is 5.66. The molecule has 1 aromatic heterocycles. The Bertz CT molecular complexity index is 1140. The molecule has 2 aromatic carbocycles. The van der Waals surface area contributed by atoms with E-state index in [-0.39, 0.29) is 23.3 Å². The number of carbonyl (C=O) groups excluding carboxylic acids is 1. The predicted molar refractivity (Wildman–Crippen MR) is 116 cm³/mol. The van der Waals surface area contributed by atoms with Crippen LogP contribution in [0.1, 0.15) is 18.4 Å². The number of rotatable bonds is 4. The van der Waals surface area contributed by atoms with E-state index in [9.17, 15) is 14.0 Å². The average Bonchev–Trinajstić information content (AvgIpc) is 2.95. The van der Waals surface area contributed by atoms with Gasteiger partial charge in [0.2, 0.25) is 5.91 Å². The van der Waals surface area contributed by atoms with Crippen LogP contribution in [0, 0.1) is 11.7 Å². The second-order valence-corrected chi connectivity index (χ2v) is 8.25. The Labute approximate surface area is 178 Å². The summed E-state index contributed by atoms with van der Waals surface area (Å²) in [4.78, 5) is 26.9. The number of halogens is 2. The normalized spacial score (nSPS) is 15.6. The maximum Gasteiger partial charge on any atom is 0.328 e. The second kappa shape index (κ2) is 8.24. The zero-order valence-electron chi connectivity index (χ0n) is 17.0. The van der Waals surface area contributed by atoms with Crippen LogP contribution < -0.4 is 11.0 Å². The van der Waals surface area contributed by atoms with E-state index in [2.05, 4.69) is 10.2 Å². The van der Waals surface area contributed by atoms with Gasteiger partial charge in [-0.15, -0.1) is 0 Å². The Balaban J connectivity index is 1.38. The zero-order valence-corrected chi connectivity index (χ0v) is 17.7. The number of anilines is 1. The Morgan fingerprint density at radius 2 is 1.83 bits per heavy atom. The topological polar surface area (TPSA) is 59.3 Å². The number of aromatic nitrogens is 2. The van der Waals surface area contributed by atoms with Gasteiger partial charge in [-0.1, -0.05) is 17.7 Å². The number of hydrogen-bond donors (Lipinski definition) is 1. The molecule has 0 unspecified atom stereocenters. The van der Waals surface area contributed by atoms with E-state index in [1.165, 1.54) is 6.07 Å². The first kappa shape index (κ1) is 20.6. The third kappa shape index (κ3) is 3.87. The summed E-state index contributed by atoms with van der Waals surface area (Å²) < 4.78 is 17.2. The van der Waals surface area contributed by atoms with Crippen molar-refractivity contribution in [2.45, 2.75) is 19.4 Å². The number of benzene rings is 2. The molecule has 1 saturated heterocycles. The van der Waals surface area contributed by atoms with Gasteiger partial charge in [-0.25, -0.2) is 9.18 Å². The minimum absolute atomic E-state index is 0.0288. The number of amides is 1. The van der Waals surface area contributed by atoms with Gasteiger partial charge >= 0.3 is 5.69 Å².